The van der Waals surface area contributed by atoms with E-state index in [-0.39, 0.29) is 24.2 Å². The van der Waals surface area contributed by atoms with Gasteiger partial charge in [-0.05, 0) is 65.2 Å². The quantitative estimate of drug-likeness (QED) is 0.241. The number of ether oxygens (including phenoxy) is 1. The summed E-state index contributed by atoms with van der Waals surface area (Å²) in [5.74, 6) is -0.179. The number of thiophene rings is 1. The van der Waals surface area contributed by atoms with Crippen molar-refractivity contribution in [2.24, 2.45) is 0 Å². The van der Waals surface area contributed by atoms with E-state index in [1.54, 1.807) is 18.2 Å². The van der Waals surface area contributed by atoms with Crippen LogP contribution in [0.2, 0.25) is 10.0 Å². The van der Waals surface area contributed by atoms with Crippen LogP contribution in [-0.4, -0.2) is 21.9 Å². The van der Waals surface area contributed by atoms with Crippen LogP contribution in [0.4, 0.5) is 0 Å². The number of halogens is 2. The minimum absolute atomic E-state index is 0.0563. The lowest BCUT2D eigenvalue weighted by atomic mass is 9.79. The number of carbonyl (C=O) groups excluding carboxylic acids is 2. The summed E-state index contributed by atoms with van der Waals surface area (Å²) in [5.41, 5.74) is 1.18. The molecule has 1 fully saturated rings. The monoisotopic (exact) mass is 568 g/mol. The second kappa shape index (κ2) is 10.9. The SMILES string of the molecule is CC(Oc1cccc(C2(c3ccsc3)CC(=O)C(Sc3ccccc3Cl)C(=O)N2)n1)c1ccc(Cl)cc1. The summed E-state index contributed by atoms with van der Waals surface area (Å²) in [5, 5.41) is 7.23. The lowest BCUT2D eigenvalue weighted by Gasteiger charge is -2.39. The maximum atomic E-state index is 13.5. The van der Waals surface area contributed by atoms with Crippen LogP contribution in [-0.2, 0) is 15.1 Å². The summed E-state index contributed by atoms with van der Waals surface area (Å²) >= 11 is 15.0. The highest BCUT2D eigenvalue weighted by molar-refractivity contribution is 8.01. The van der Waals surface area contributed by atoms with Crippen molar-refractivity contribution in [3.63, 3.8) is 0 Å². The molecule has 188 valence electrons. The first-order valence-electron chi connectivity index (χ1n) is 11.5. The Bertz CT molecular complexity index is 1410. The molecule has 1 aliphatic heterocycles. The van der Waals surface area contributed by atoms with E-state index in [9.17, 15) is 9.59 Å². The number of hydrogen-bond donors (Lipinski definition) is 1. The van der Waals surface area contributed by atoms with Crippen LogP contribution in [0.5, 0.6) is 5.88 Å². The molecule has 2 aromatic carbocycles. The molecule has 1 saturated heterocycles. The number of Topliss-reactive ketones (excluding diaryl/α,β-unsaturated/α-hetero) is 1. The first-order chi connectivity index (χ1) is 17.9. The molecule has 3 heterocycles. The molecule has 0 bridgehead atoms. The molecule has 0 radical (unpaired) electrons. The lowest BCUT2D eigenvalue weighted by molar-refractivity contribution is -0.133. The van der Waals surface area contributed by atoms with Gasteiger partial charge in [0, 0.05) is 22.4 Å². The van der Waals surface area contributed by atoms with Crippen molar-refractivity contribution in [1.82, 2.24) is 10.3 Å². The average molecular weight is 570 g/mol. The Morgan fingerprint density at radius 3 is 2.54 bits per heavy atom. The van der Waals surface area contributed by atoms with Crippen molar-refractivity contribution >= 4 is 58.0 Å². The van der Waals surface area contributed by atoms with Crippen molar-refractivity contribution < 1.29 is 14.3 Å². The Morgan fingerprint density at radius 2 is 1.84 bits per heavy atom. The smallest absolute Gasteiger partial charge is 0.242 e. The van der Waals surface area contributed by atoms with E-state index >= 15 is 0 Å². The molecule has 0 aliphatic carbocycles. The molecule has 37 heavy (non-hydrogen) atoms. The number of ketones is 1. The zero-order valence-electron chi connectivity index (χ0n) is 19.7. The van der Waals surface area contributed by atoms with Crippen LogP contribution in [0.25, 0.3) is 0 Å². The molecule has 0 saturated carbocycles. The third-order valence-electron chi connectivity index (χ3n) is 6.20. The van der Waals surface area contributed by atoms with E-state index in [1.807, 2.05) is 72.3 Å². The summed E-state index contributed by atoms with van der Waals surface area (Å²) in [6.07, 6.45) is -0.225. The van der Waals surface area contributed by atoms with Gasteiger partial charge >= 0.3 is 0 Å². The van der Waals surface area contributed by atoms with Gasteiger partial charge in [-0.2, -0.15) is 11.3 Å². The number of carbonyl (C=O) groups is 2. The second-order valence-electron chi connectivity index (χ2n) is 8.65. The lowest BCUT2D eigenvalue weighted by Crippen LogP contribution is -2.58. The van der Waals surface area contributed by atoms with E-state index < -0.39 is 10.8 Å². The van der Waals surface area contributed by atoms with Gasteiger partial charge in [-0.1, -0.05) is 53.5 Å². The number of rotatable bonds is 7. The van der Waals surface area contributed by atoms with Gasteiger partial charge in [-0.15, -0.1) is 11.8 Å². The Balaban J connectivity index is 1.45. The second-order valence-corrected chi connectivity index (χ2v) is 11.4. The summed E-state index contributed by atoms with van der Waals surface area (Å²) in [7, 11) is 0. The van der Waals surface area contributed by atoms with Gasteiger partial charge in [-0.3, -0.25) is 9.59 Å². The molecule has 1 N–H and O–H groups in total. The third-order valence-corrected chi connectivity index (χ3v) is 8.90. The molecule has 9 heteroatoms. The topological polar surface area (TPSA) is 68.3 Å². The van der Waals surface area contributed by atoms with E-state index in [2.05, 4.69) is 5.32 Å². The number of benzene rings is 2. The van der Waals surface area contributed by atoms with Crippen LogP contribution in [0.3, 0.4) is 0 Å². The highest BCUT2D eigenvalue weighted by atomic mass is 35.5. The fourth-order valence-electron chi connectivity index (χ4n) is 4.29. The first kappa shape index (κ1) is 25.8. The van der Waals surface area contributed by atoms with Gasteiger partial charge in [0.15, 0.2) is 5.78 Å². The molecule has 5 rings (SSSR count). The maximum absolute atomic E-state index is 13.5. The zero-order chi connectivity index (χ0) is 26.0. The molecule has 3 atom stereocenters. The standard InChI is InChI=1S/C28H22Cl2N2O3S2/c1-17(18-9-11-20(29)12-10-18)35-25-8-4-7-24(31-25)28(19-13-14-36-16-19)15-22(33)26(27(34)32-28)37-23-6-3-2-5-21(23)30/h2-14,16-17,26H,15H2,1H3,(H,32,34). The van der Waals surface area contributed by atoms with Crippen LogP contribution in [0, 0.1) is 0 Å². The Hall–Kier alpha value is -2.84. The molecule has 1 aliphatic rings. The van der Waals surface area contributed by atoms with Crippen molar-refractivity contribution in [2.45, 2.75) is 35.1 Å². The minimum Gasteiger partial charge on any atom is -0.470 e. The van der Waals surface area contributed by atoms with Gasteiger partial charge < -0.3 is 10.1 Å². The number of hydrogen-bond acceptors (Lipinski definition) is 6. The zero-order valence-corrected chi connectivity index (χ0v) is 22.8. The van der Waals surface area contributed by atoms with Gasteiger partial charge in [0.25, 0.3) is 0 Å². The number of nitrogens with zero attached hydrogens (tertiary/aromatic N) is 1. The summed E-state index contributed by atoms with van der Waals surface area (Å²) < 4.78 is 6.13. The van der Waals surface area contributed by atoms with Gasteiger partial charge in [0.2, 0.25) is 11.8 Å². The van der Waals surface area contributed by atoms with Crippen molar-refractivity contribution in [2.75, 3.05) is 0 Å². The summed E-state index contributed by atoms with van der Waals surface area (Å²) in [6.45, 7) is 1.93. The number of nitrogens with one attached hydrogen (secondary N) is 1. The number of pyridine rings is 1. The predicted octanol–water partition coefficient (Wildman–Crippen LogP) is 7.08. The van der Waals surface area contributed by atoms with Gasteiger partial charge in [0.1, 0.15) is 16.9 Å². The maximum Gasteiger partial charge on any atom is 0.242 e. The van der Waals surface area contributed by atoms with Crippen molar-refractivity contribution in [3.8, 4) is 5.88 Å². The number of aromatic nitrogens is 1. The first-order valence-corrected chi connectivity index (χ1v) is 14.1. The van der Waals surface area contributed by atoms with E-state index in [0.29, 0.717) is 26.5 Å². The molecule has 4 aromatic rings. The van der Waals surface area contributed by atoms with E-state index in [1.165, 1.54) is 23.1 Å². The van der Waals surface area contributed by atoms with E-state index in [0.717, 1.165) is 11.1 Å². The van der Waals surface area contributed by atoms with E-state index in [4.69, 9.17) is 32.9 Å². The average Bonchev–Trinajstić information content (AvgIpc) is 3.43. The fourth-order valence-corrected chi connectivity index (χ4v) is 6.39. The molecule has 5 nitrogen and oxygen atoms in total. The molecule has 0 spiro atoms. The van der Waals surface area contributed by atoms with Crippen molar-refractivity contribution in [1.29, 1.82) is 0 Å². The largest absolute Gasteiger partial charge is 0.470 e. The van der Waals surface area contributed by atoms with Crippen LogP contribution >= 0.6 is 46.3 Å². The molecular formula is C28H22Cl2N2O3S2. The molecule has 2 aromatic heterocycles. The Morgan fingerprint density at radius 1 is 1.05 bits per heavy atom. The van der Waals surface area contributed by atoms with Gasteiger partial charge in [-0.25, -0.2) is 4.98 Å². The predicted molar refractivity (Wildman–Crippen MR) is 149 cm³/mol. The van der Waals surface area contributed by atoms with Crippen LogP contribution < -0.4 is 10.1 Å². The number of piperidine rings is 1. The molecular weight excluding hydrogens is 547 g/mol. The Labute approximate surface area is 233 Å². The summed E-state index contributed by atoms with van der Waals surface area (Å²) in [4.78, 5) is 32.4. The highest BCUT2D eigenvalue weighted by Gasteiger charge is 2.48. The number of amides is 1. The normalized spacial score (nSPS) is 20.4. The van der Waals surface area contributed by atoms with Crippen molar-refractivity contribution in [3.05, 3.63) is 110 Å². The summed E-state index contributed by atoms with van der Waals surface area (Å²) in [6, 6.07) is 21.9. The van der Waals surface area contributed by atoms with Crippen LogP contribution in [0.1, 0.15) is 36.3 Å². The number of thioether (sulfide) groups is 1. The minimum atomic E-state index is -1.10. The Kier molecular flexibility index (Phi) is 7.58. The molecule has 3 unspecified atom stereocenters. The van der Waals surface area contributed by atoms with Crippen LogP contribution in [0.15, 0.2) is 88.5 Å². The molecule has 1 amide bonds. The van der Waals surface area contributed by atoms with Gasteiger partial charge in [0.05, 0.1) is 10.7 Å². The highest BCUT2D eigenvalue weighted by Crippen LogP contribution is 2.41. The fraction of sp³-hybridized carbons (Fsp3) is 0.179. The third kappa shape index (κ3) is 5.41.